The monoisotopic (exact) mass is 387 g/mol. The zero-order chi connectivity index (χ0) is 20.0. The molecule has 1 aromatic carbocycles. The highest BCUT2D eigenvalue weighted by Crippen LogP contribution is 2.27. The van der Waals surface area contributed by atoms with Crippen LogP contribution in [0, 0.1) is 5.95 Å². The van der Waals surface area contributed by atoms with Crippen molar-refractivity contribution in [2.45, 2.75) is 0 Å². The van der Waals surface area contributed by atoms with Crippen LogP contribution in [0.2, 0.25) is 0 Å². The van der Waals surface area contributed by atoms with Crippen molar-refractivity contribution < 1.29 is 9.18 Å². The maximum absolute atomic E-state index is 14.1. The first-order chi connectivity index (χ1) is 14.1. The van der Waals surface area contributed by atoms with E-state index in [0.717, 1.165) is 5.39 Å². The van der Waals surface area contributed by atoms with Crippen LogP contribution >= 0.6 is 0 Å². The van der Waals surface area contributed by atoms with Gasteiger partial charge in [-0.2, -0.15) is 14.6 Å². The molecule has 5 aromatic rings. The lowest BCUT2D eigenvalue weighted by molar-refractivity contribution is 0.102. The number of hydrogen-bond acceptors (Lipinski definition) is 5. The number of nitrogens with zero attached hydrogens (tertiary/aromatic N) is 5. The highest BCUT2D eigenvalue weighted by Gasteiger charge is 2.17. The number of benzene rings is 1. The summed E-state index contributed by atoms with van der Waals surface area (Å²) in [4.78, 5) is 20.9. The molecular formula is C20H14FN7O. The van der Waals surface area contributed by atoms with Crippen molar-refractivity contribution in [2.24, 2.45) is 7.05 Å². The van der Waals surface area contributed by atoms with Crippen LogP contribution in [0.1, 0.15) is 10.5 Å². The average molecular weight is 387 g/mol. The summed E-state index contributed by atoms with van der Waals surface area (Å²) < 4.78 is 15.7. The quantitative estimate of drug-likeness (QED) is 0.463. The van der Waals surface area contributed by atoms with Gasteiger partial charge in [0, 0.05) is 30.4 Å². The molecule has 9 heteroatoms. The molecule has 4 aromatic heterocycles. The maximum Gasteiger partial charge on any atom is 0.276 e. The first-order valence-electron chi connectivity index (χ1n) is 8.79. The van der Waals surface area contributed by atoms with Gasteiger partial charge < -0.3 is 5.32 Å². The van der Waals surface area contributed by atoms with Crippen LogP contribution < -0.4 is 5.32 Å². The Morgan fingerprint density at radius 3 is 2.90 bits per heavy atom. The van der Waals surface area contributed by atoms with Crippen LogP contribution in [-0.2, 0) is 7.05 Å². The Balaban J connectivity index is 1.55. The molecule has 0 saturated carbocycles. The van der Waals surface area contributed by atoms with E-state index in [9.17, 15) is 9.18 Å². The summed E-state index contributed by atoms with van der Waals surface area (Å²) in [6, 6.07) is 10.2. The molecule has 0 aliphatic heterocycles. The number of pyridine rings is 2. The van der Waals surface area contributed by atoms with Gasteiger partial charge in [0.25, 0.3) is 5.91 Å². The molecule has 8 nitrogen and oxygen atoms in total. The number of aromatic amines is 1. The van der Waals surface area contributed by atoms with Gasteiger partial charge in [0.1, 0.15) is 0 Å². The zero-order valence-electron chi connectivity index (χ0n) is 15.2. The number of amides is 1. The van der Waals surface area contributed by atoms with Crippen LogP contribution in [0.15, 0.2) is 55.0 Å². The second-order valence-electron chi connectivity index (χ2n) is 6.49. The Kier molecular flexibility index (Phi) is 3.80. The third kappa shape index (κ3) is 2.80. The van der Waals surface area contributed by atoms with E-state index in [1.54, 1.807) is 60.5 Å². The number of fused-ring (bicyclic) bond motifs is 2. The molecule has 0 saturated heterocycles. The summed E-state index contributed by atoms with van der Waals surface area (Å²) in [5.74, 6) is -0.964. The molecule has 0 atom stereocenters. The molecule has 142 valence electrons. The topological polar surface area (TPSA) is 101 Å². The van der Waals surface area contributed by atoms with Crippen molar-refractivity contribution in [2.75, 3.05) is 5.32 Å². The maximum atomic E-state index is 14.1. The van der Waals surface area contributed by atoms with Crippen molar-refractivity contribution in [3.63, 3.8) is 0 Å². The van der Waals surface area contributed by atoms with Gasteiger partial charge in [-0.25, -0.2) is 9.97 Å². The van der Waals surface area contributed by atoms with Crippen molar-refractivity contribution in [1.29, 1.82) is 0 Å². The van der Waals surface area contributed by atoms with Gasteiger partial charge in [-0.15, -0.1) is 0 Å². The summed E-state index contributed by atoms with van der Waals surface area (Å²) in [5, 5.41) is 15.3. The van der Waals surface area contributed by atoms with Gasteiger partial charge in [0.15, 0.2) is 11.3 Å². The SMILES string of the molecule is Cn1ncc2c(NC(=O)c3n[nH]c4ccc(-c5cccnc5F)cc34)ccnc21. The normalized spacial score (nSPS) is 11.2. The number of hydrogen-bond donors (Lipinski definition) is 2. The van der Waals surface area contributed by atoms with Gasteiger partial charge in [0.2, 0.25) is 5.95 Å². The lowest BCUT2D eigenvalue weighted by Gasteiger charge is -2.06. The summed E-state index contributed by atoms with van der Waals surface area (Å²) in [7, 11) is 1.78. The molecule has 0 aliphatic rings. The fraction of sp³-hybridized carbons (Fsp3) is 0.0500. The van der Waals surface area contributed by atoms with Gasteiger partial charge in [-0.1, -0.05) is 6.07 Å². The van der Waals surface area contributed by atoms with E-state index >= 15 is 0 Å². The minimum absolute atomic E-state index is 0.208. The van der Waals surface area contributed by atoms with Gasteiger partial charge in [-0.3, -0.25) is 14.6 Å². The molecule has 0 bridgehead atoms. The van der Waals surface area contributed by atoms with Crippen molar-refractivity contribution >= 4 is 33.5 Å². The molecule has 0 aliphatic carbocycles. The highest BCUT2D eigenvalue weighted by molar-refractivity contribution is 6.13. The van der Waals surface area contributed by atoms with Gasteiger partial charge in [0.05, 0.1) is 22.8 Å². The van der Waals surface area contributed by atoms with E-state index in [1.165, 1.54) is 6.20 Å². The number of H-pyrrole nitrogens is 1. The van der Waals surface area contributed by atoms with E-state index < -0.39 is 11.9 Å². The van der Waals surface area contributed by atoms with Crippen LogP contribution in [0.3, 0.4) is 0 Å². The van der Waals surface area contributed by atoms with E-state index in [0.29, 0.717) is 33.4 Å². The number of rotatable bonds is 3. The molecule has 5 rings (SSSR count). The molecular weight excluding hydrogens is 373 g/mol. The number of carbonyl (C=O) groups excluding carboxylic acids is 1. The fourth-order valence-electron chi connectivity index (χ4n) is 3.29. The number of halogens is 1. The second-order valence-corrected chi connectivity index (χ2v) is 6.49. The fourth-order valence-corrected chi connectivity index (χ4v) is 3.29. The Bertz CT molecular complexity index is 1390. The first kappa shape index (κ1) is 17.0. The number of nitrogens with one attached hydrogen (secondary N) is 2. The predicted molar refractivity (Wildman–Crippen MR) is 106 cm³/mol. The third-order valence-electron chi connectivity index (χ3n) is 4.73. The van der Waals surface area contributed by atoms with Gasteiger partial charge in [-0.05, 0) is 35.9 Å². The number of aromatic nitrogens is 6. The van der Waals surface area contributed by atoms with E-state index in [-0.39, 0.29) is 5.69 Å². The smallest absolute Gasteiger partial charge is 0.276 e. The molecule has 2 N–H and O–H groups in total. The standard InChI is InChI=1S/C20H14FN7O/c1-28-19-14(10-24-28)15(6-8-23-19)25-20(29)17-13-9-11(4-5-16(13)26-27-17)12-3-2-7-22-18(12)21/h2-10H,1H3,(H,26,27)(H,23,25,29). The molecule has 4 heterocycles. The molecule has 1 amide bonds. The highest BCUT2D eigenvalue weighted by atomic mass is 19.1. The summed E-state index contributed by atoms with van der Waals surface area (Å²) >= 11 is 0. The average Bonchev–Trinajstić information content (AvgIpc) is 3.32. The Labute approximate surface area is 163 Å². The van der Waals surface area contributed by atoms with Crippen molar-refractivity contribution in [3.8, 4) is 11.1 Å². The minimum Gasteiger partial charge on any atom is -0.320 e. The van der Waals surface area contributed by atoms with Crippen LogP contribution in [0.25, 0.3) is 33.1 Å². The number of carbonyl (C=O) groups is 1. The second kappa shape index (κ2) is 6.48. The molecule has 0 spiro atoms. The number of aryl methyl sites for hydroxylation is 1. The Hall–Kier alpha value is -4.14. The van der Waals surface area contributed by atoms with Gasteiger partial charge >= 0.3 is 0 Å². The summed E-state index contributed by atoms with van der Waals surface area (Å²) in [5.41, 5.74) is 3.08. The van der Waals surface area contributed by atoms with Crippen molar-refractivity contribution in [1.82, 2.24) is 29.9 Å². The largest absolute Gasteiger partial charge is 0.320 e. The van der Waals surface area contributed by atoms with Crippen molar-refractivity contribution in [3.05, 3.63) is 66.6 Å². The third-order valence-corrected chi connectivity index (χ3v) is 4.73. The Morgan fingerprint density at radius 2 is 2.03 bits per heavy atom. The summed E-state index contributed by atoms with van der Waals surface area (Å²) in [6.45, 7) is 0. The molecule has 0 unspecified atom stereocenters. The van der Waals surface area contributed by atoms with Crippen LogP contribution in [0.5, 0.6) is 0 Å². The minimum atomic E-state index is -0.572. The lowest BCUT2D eigenvalue weighted by Crippen LogP contribution is -2.13. The van der Waals surface area contributed by atoms with E-state index in [4.69, 9.17) is 0 Å². The zero-order valence-corrected chi connectivity index (χ0v) is 15.2. The molecule has 29 heavy (non-hydrogen) atoms. The van der Waals surface area contributed by atoms with E-state index in [1.807, 2.05) is 0 Å². The summed E-state index contributed by atoms with van der Waals surface area (Å²) in [6.07, 6.45) is 4.64. The van der Waals surface area contributed by atoms with Crippen LogP contribution in [0.4, 0.5) is 10.1 Å². The predicted octanol–water partition coefficient (Wildman–Crippen LogP) is 3.30. The number of anilines is 1. The van der Waals surface area contributed by atoms with Crippen LogP contribution in [-0.4, -0.2) is 35.9 Å². The lowest BCUT2D eigenvalue weighted by atomic mass is 10.0. The first-order valence-corrected chi connectivity index (χ1v) is 8.79. The molecule has 0 fully saturated rings. The Morgan fingerprint density at radius 1 is 1.14 bits per heavy atom. The van der Waals surface area contributed by atoms with E-state index in [2.05, 4.69) is 30.6 Å². The molecule has 0 radical (unpaired) electrons.